The largest absolute Gasteiger partial charge is 0.465 e. The minimum Gasteiger partial charge on any atom is -0.465 e. The lowest BCUT2D eigenvalue weighted by Crippen LogP contribution is -2.49. The molecule has 1 saturated heterocycles. The Hall–Kier alpha value is -2.57. The van der Waals surface area contributed by atoms with Crippen LogP contribution in [0.1, 0.15) is 25.0 Å². The molecule has 1 aliphatic rings. The average molecular weight is 291 g/mol. The number of nitrogens with zero attached hydrogens (tertiary/aromatic N) is 1. The molecule has 2 N–H and O–H groups in total. The SMILES string of the molecule is O=C(/C=C/c1ccco1)NC(=O)NC(=O)N1CCCCC1. The third kappa shape index (κ3) is 4.79. The summed E-state index contributed by atoms with van der Waals surface area (Å²) < 4.78 is 5.00. The molecule has 1 fully saturated rings. The second-order valence-electron chi connectivity index (χ2n) is 4.64. The van der Waals surface area contributed by atoms with Crippen molar-refractivity contribution in [3.05, 3.63) is 30.2 Å². The Morgan fingerprint density at radius 1 is 1.14 bits per heavy atom. The molecule has 21 heavy (non-hydrogen) atoms. The molecule has 5 amide bonds. The zero-order valence-corrected chi connectivity index (χ0v) is 11.5. The first-order valence-corrected chi connectivity index (χ1v) is 6.77. The smallest absolute Gasteiger partial charge is 0.329 e. The van der Waals surface area contributed by atoms with E-state index in [1.54, 1.807) is 17.0 Å². The number of hydrogen-bond donors (Lipinski definition) is 2. The topological polar surface area (TPSA) is 91.6 Å². The monoisotopic (exact) mass is 291 g/mol. The molecule has 0 saturated carbocycles. The fraction of sp³-hybridized carbons (Fsp3) is 0.357. The van der Waals surface area contributed by atoms with Crippen molar-refractivity contribution in [2.45, 2.75) is 19.3 Å². The van der Waals surface area contributed by atoms with Crippen LogP contribution in [0.25, 0.3) is 6.08 Å². The number of urea groups is 2. The zero-order valence-electron chi connectivity index (χ0n) is 11.5. The summed E-state index contributed by atoms with van der Waals surface area (Å²) in [7, 11) is 0. The summed E-state index contributed by atoms with van der Waals surface area (Å²) in [6.07, 6.45) is 7.01. The average Bonchev–Trinajstić information content (AvgIpc) is 2.99. The van der Waals surface area contributed by atoms with Crippen molar-refractivity contribution in [1.29, 1.82) is 0 Å². The summed E-state index contributed by atoms with van der Waals surface area (Å²) in [4.78, 5) is 36.3. The van der Waals surface area contributed by atoms with Gasteiger partial charge in [-0.15, -0.1) is 0 Å². The van der Waals surface area contributed by atoms with Crippen molar-refractivity contribution in [2.75, 3.05) is 13.1 Å². The van der Waals surface area contributed by atoms with Crippen LogP contribution in [-0.2, 0) is 4.79 Å². The molecule has 0 radical (unpaired) electrons. The first kappa shape index (κ1) is 14.8. The zero-order chi connectivity index (χ0) is 15.1. The molecule has 1 aromatic heterocycles. The van der Waals surface area contributed by atoms with E-state index in [9.17, 15) is 14.4 Å². The van der Waals surface area contributed by atoms with E-state index >= 15 is 0 Å². The summed E-state index contributed by atoms with van der Waals surface area (Å²) in [6, 6.07) is 2.04. The van der Waals surface area contributed by atoms with E-state index in [2.05, 4.69) is 5.32 Å². The Bertz CT molecular complexity index is 530. The first-order valence-electron chi connectivity index (χ1n) is 6.77. The molecule has 0 aliphatic carbocycles. The molecule has 1 aliphatic heterocycles. The molecule has 7 nitrogen and oxygen atoms in total. The summed E-state index contributed by atoms with van der Waals surface area (Å²) in [5.74, 6) is -0.134. The number of piperidine rings is 1. The lowest BCUT2D eigenvalue weighted by atomic mass is 10.1. The van der Waals surface area contributed by atoms with Crippen molar-refractivity contribution >= 4 is 24.0 Å². The molecule has 7 heteroatoms. The Labute approximate surface area is 122 Å². The van der Waals surface area contributed by atoms with Gasteiger partial charge in [-0.3, -0.25) is 15.4 Å². The van der Waals surface area contributed by atoms with Gasteiger partial charge in [-0.1, -0.05) is 0 Å². The number of nitrogens with one attached hydrogen (secondary N) is 2. The van der Waals surface area contributed by atoms with Crippen LogP contribution in [0.4, 0.5) is 9.59 Å². The van der Waals surface area contributed by atoms with Crippen LogP contribution in [-0.4, -0.2) is 36.0 Å². The second kappa shape index (κ2) is 7.28. The Morgan fingerprint density at radius 2 is 1.90 bits per heavy atom. The van der Waals surface area contributed by atoms with Gasteiger partial charge in [0.2, 0.25) is 0 Å². The maximum absolute atomic E-state index is 11.7. The third-order valence-electron chi connectivity index (χ3n) is 3.04. The molecule has 0 atom stereocenters. The molecule has 2 rings (SSSR count). The van der Waals surface area contributed by atoms with Crippen molar-refractivity contribution in [3.63, 3.8) is 0 Å². The summed E-state index contributed by atoms with van der Waals surface area (Å²) >= 11 is 0. The van der Waals surface area contributed by atoms with Crippen LogP contribution < -0.4 is 10.6 Å². The Kier molecular flexibility index (Phi) is 5.14. The summed E-state index contributed by atoms with van der Waals surface area (Å²) in [6.45, 7) is 1.26. The molecule has 0 unspecified atom stereocenters. The predicted octanol–water partition coefficient (Wildman–Crippen LogP) is 1.72. The van der Waals surface area contributed by atoms with Gasteiger partial charge in [0.15, 0.2) is 0 Å². The van der Waals surface area contributed by atoms with E-state index in [1.165, 1.54) is 12.3 Å². The highest BCUT2D eigenvalue weighted by Gasteiger charge is 2.18. The van der Waals surface area contributed by atoms with Crippen LogP contribution in [0, 0.1) is 0 Å². The molecular weight excluding hydrogens is 274 g/mol. The number of imide groups is 2. The van der Waals surface area contributed by atoms with E-state index in [1.807, 2.05) is 5.32 Å². The molecule has 112 valence electrons. The number of rotatable bonds is 2. The summed E-state index contributed by atoms with van der Waals surface area (Å²) in [5, 5.41) is 4.18. The quantitative estimate of drug-likeness (QED) is 0.812. The van der Waals surface area contributed by atoms with E-state index in [-0.39, 0.29) is 0 Å². The van der Waals surface area contributed by atoms with E-state index in [4.69, 9.17) is 4.42 Å². The molecule has 0 spiro atoms. The minimum absolute atomic E-state index is 0.477. The van der Waals surface area contributed by atoms with Crippen molar-refractivity contribution in [1.82, 2.24) is 15.5 Å². The van der Waals surface area contributed by atoms with Gasteiger partial charge >= 0.3 is 12.1 Å². The van der Waals surface area contributed by atoms with Crippen LogP contribution in [0.15, 0.2) is 28.9 Å². The molecule has 0 aromatic carbocycles. The fourth-order valence-electron chi connectivity index (χ4n) is 2.00. The summed E-state index contributed by atoms with van der Waals surface area (Å²) in [5.41, 5.74) is 0. The number of hydrogen-bond acceptors (Lipinski definition) is 4. The Balaban J connectivity index is 1.75. The van der Waals surface area contributed by atoms with Crippen molar-refractivity contribution < 1.29 is 18.8 Å². The van der Waals surface area contributed by atoms with Gasteiger partial charge in [0.05, 0.1) is 6.26 Å². The van der Waals surface area contributed by atoms with Gasteiger partial charge in [0, 0.05) is 19.2 Å². The second-order valence-corrected chi connectivity index (χ2v) is 4.64. The van der Waals surface area contributed by atoms with Gasteiger partial charge in [0.1, 0.15) is 5.76 Å². The molecular formula is C14H17N3O4. The number of amides is 5. The molecule has 0 bridgehead atoms. The maximum Gasteiger partial charge on any atom is 0.329 e. The third-order valence-corrected chi connectivity index (χ3v) is 3.04. The normalized spacial score (nSPS) is 15.0. The number of likely N-dealkylation sites (tertiary alicyclic amines) is 1. The van der Waals surface area contributed by atoms with Gasteiger partial charge < -0.3 is 9.32 Å². The number of furan rings is 1. The first-order chi connectivity index (χ1) is 10.1. The predicted molar refractivity (Wildman–Crippen MR) is 75.2 cm³/mol. The highest BCUT2D eigenvalue weighted by Crippen LogP contribution is 2.08. The minimum atomic E-state index is -0.834. The lowest BCUT2D eigenvalue weighted by Gasteiger charge is -2.26. The lowest BCUT2D eigenvalue weighted by molar-refractivity contribution is -0.115. The van der Waals surface area contributed by atoms with Crippen LogP contribution in [0.2, 0.25) is 0 Å². The van der Waals surface area contributed by atoms with Crippen LogP contribution in [0.3, 0.4) is 0 Å². The molecule has 2 heterocycles. The van der Waals surface area contributed by atoms with Crippen LogP contribution in [0.5, 0.6) is 0 Å². The number of carbonyl (C=O) groups is 3. The van der Waals surface area contributed by atoms with Gasteiger partial charge in [0.25, 0.3) is 5.91 Å². The number of carbonyl (C=O) groups excluding carboxylic acids is 3. The van der Waals surface area contributed by atoms with Crippen molar-refractivity contribution in [3.8, 4) is 0 Å². The van der Waals surface area contributed by atoms with E-state index in [0.717, 1.165) is 25.3 Å². The highest BCUT2D eigenvalue weighted by molar-refractivity contribution is 6.06. The van der Waals surface area contributed by atoms with Crippen molar-refractivity contribution in [2.24, 2.45) is 0 Å². The standard InChI is InChI=1S/C14H17N3O4/c18-12(7-6-11-5-4-10-21-11)15-13(19)16-14(20)17-8-2-1-3-9-17/h4-7,10H,1-3,8-9H2,(H2,15,16,18,19,20)/b7-6+. The van der Waals surface area contributed by atoms with Crippen LogP contribution >= 0.6 is 0 Å². The fourth-order valence-corrected chi connectivity index (χ4v) is 2.00. The molecule has 1 aromatic rings. The van der Waals surface area contributed by atoms with E-state index in [0.29, 0.717) is 18.8 Å². The van der Waals surface area contributed by atoms with Gasteiger partial charge in [-0.05, 0) is 37.5 Å². The van der Waals surface area contributed by atoms with Gasteiger partial charge in [-0.2, -0.15) is 0 Å². The maximum atomic E-state index is 11.7. The van der Waals surface area contributed by atoms with E-state index < -0.39 is 18.0 Å². The van der Waals surface area contributed by atoms with Gasteiger partial charge in [-0.25, -0.2) is 9.59 Å². The highest BCUT2D eigenvalue weighted by atomic mass is 16.3. The Morgan fingerprint density at radius 3 is 2.57 bits per heavy atom.